The first-order valence-electron chi connectivity index (χ1n) is 6.24. The molecule has 3 N–H and O–H groups in total. The number of carboxylic acid groups (broad SMARTS) is 1. The molecule has 0 saturated carbocycles. The van der Waals surface area contributed by atoms with E-state index in [0.717, 1.165) is 24.3 Å². The van der Waals surface area contributed by atoms with Gasteiger partial charge in [-0.25, -0.2) is 9.59 Å². The number of carbonyl (C=O) groups is 2. The van der Waals surface area contributed by atoms with Crippen LogP contribution in [0.1, 0.15) is 23.2 Å². The van der Waals surface area contributed by atoms with Gasteiger partial charge < -0.3 is 15.7 Å². The lowest BCUT2D eigenvalue weighted by Crippen LogP contribution is -2.40. The number of carbonyl (C=O) groups excluding carboxylic acids is 1. The SMILES string of the molecule is O=C(Nc1ccc(Br)c(C(=O)O)c1)NC1CCCSC1. The van der Waals surface area contributed by atoms with E-state index in [0.29, 0.717) is 10.2 Å². The van der Waals surface area contributed by atoms with Crippen LogP contribution in [0.4, 0.5) is 10.5 Å². The molecule has 1 aromatic rings. The fourth-order valence-electron chi connectivity index (χ4n) is 1.97. The maximum Gasteiger partial charge on any atom is 0.336 e. The predicted molar refractivity (Wildman–Crippen MR) is 83.6 cm³/mol. The van der Waals surface area contributed by atoms with Crippen molar-refractivity contribution in [2.45, 2.75) is 18.9 Å². The van der Waals surface area contributed by atoms with Gasteiger partial charge in [0, 0.05) is 22.0 Å². The molecular weight excluding hydrogens is 344 g/mol. The third kappa shape index (κ3) is 4.14. The summed E-state index contributed by atoms with van der Waals surface area (Å²) in [7, 11) is 0. The Morgan fingerprint density at radius 2 is 2.20 bits per heavy atom. The fraction of sp³-hybridized carbons (Fsp3) is 0.385. The highest BCUT2D eigenvalue weighted by molar-refractivity contribution is 9.10. The van der Waals surface area contributed by atoms with E-state index in [2.05, 4.69) is 26.6 Å². The Kier molecular flexibility index (Phi) is 5.31. The quantitative estimate of drug-likeness (QED) is 0.775. The normalized spacial score (nSPS) is 18.4. The summed E-state index contributed by atoms with van der Waals surface area (Å²) in [6, 6.07) is 4.59. The van der Waals surface area contributed by atoms with Gasteiger partial charge in [-0.2, -0.15) is 11.8 Å². The monoisotopic (exact) mass is 358 g/mol. The summed E-state index contributed by atoms with van der Waals surface area (Å²) >= 11 is 5.00. The van der Waals surface area contributed by atoms with E-state index >= 15 is 0 Å². The van der Waals surface area contributed by atoms with Crippen molar-refractivity contribution in [1.82, 2.24) is 5.32 Å². The van der Waals surface area contributed by atoms with Crippen molar-refractivity contribution < 1.29 is 14.7 Å². The van der Waals surface area contributed by atoms with E-state index in [1.807, 2.05) is 11.8 Å². The third-order valence-corrected chi connectivity index (χ3v) is 4.86. The van der Waals surface area contributed by atoms with E-state index < -0.39 is 5.97 Å². The van der Waals surface area contributed by atoms with Crippen LogP contribution in [0, 0.1) is 0 Å². The second kappa shape index (κ2) is 6.99. The number of carboxylic acids is 1. The van der Waals surface area contributed by atoms with Gasteiger partial charge in [0.25, 0.3) is 0 Å². The minimum absolute atomic E-state index is 0.121. The number of halogens is 1. The number of urea groups is 1. The molecule has 1 fully saturated rings. The highest BCUT2D eigenvalue weighted by atomic mass is 79.9. The molecule has 20 heavy (non-hydrogen) atoms. The average Bonchev–Trinajstić information content (AvgIpc) is 2.41. The Labute approximate surface area is 129 Å². The van der Waals surface area contributed by atoms with Gasteiger partial charge in [-0.05, 0) is 52.7 Å². The first-order valence-corrected chi connectivity index (χ1v) is 8.19. The second-order valence-electron chi connectivity index (χ2n) is 4.51. The molecule has 0 radical (unpaired) electrons. The van der Waals surface area contributed by atoms with Crippen molar-refractivity contribution in [1.29, 1.82) is 0 Å². The first kappa shape index (κ1) is 15.2. The van der Waals surface area contributed by atoms with Gasteiger partial charge in [-0.15, -0.1) is 0 Å². The lowest BCUT2D eigenvalue weighted by molar-refractivity contribution is 0.0696. The molecule has 0 spiro atoms. The maximum atomic E-state index is 11.9. The first-order chi connectivity index (χ1) is 9.56. The van der Waals surface area contributed by atoms with Crippen LogP contribution in [0.2, 0.25) is 0 Å². The maximum absolute atomic E-state index is 11.9. The van der Waals surface area contributed by atoms with Crippen molar-refractivity contribution in [3.05, 3.63) is 28.2 Å². The number of rotatable bonds is 3. The summed E-state index contributed by atoms with van der Waals surface area (Å²) in [5.74, 6) is 1.03. The lowest BCUT2D eigenvalue weighted by Gasteiger charge is -2.22. The molecule has 7 heteroatoms. The molecule has 1 heterocycles. The summed E-state index contributed by atoms with van der Waals surface area (Å²) < 4.78 is 0.486. The number of hydrogen-bond donors (Lipinski definition) is 3. The van der Waals surface area contributed by atoms with Gasteiger partial charge in [-0.3, -0.25) is 0 Å². The smallest absolute Gasteiger partial charge is 0.336 e. The van der Waals surface area contributed by atoms with E-state index in [9.17, 15) is 9.59 Å². The molecule has 5 nitrogen and oxygen atoms in total. The predicted octanol–water partition coefficient (Wildman–Crippen LogP) is 3.16. The number of thioether (sulfide) groups is 1. The van der Waals surface area contributed by atoms with Crippen molar-refractivity contribution in [2.75, 3.05) is 16.8 Å². The molecule has 1 unspecified atom stereocenters. The topological polar surface area (TPSA) is 78.4 Å². The number of anilines is 1. The number of nitrogens with one attached hydrogen (secondary N) is 2. The Morgan fingerprint density at radius 3 is 2.85 bits per heavy atom. The highest BCUT2D eigenvalue weighted by Crippen LogP contribution is 2.21. The molecule has 1 aliphatic heterocycles. The fourth-order valence-corrected chi connectivity index (χ4v) is 3.46. The lowest BCUT2D eigenvalue weighted by atomic mass is 10.2. The molecule has 0 aromatic heterocycles. The van der Waals surface area contributed by atoms with Gasteiger partial charge in [0.05, 0.1) is 5.56 Å². The van der Waals surface area contributed by atoms with E-state index in [1.165, 1.54) is 6.07 Å². The molecule has 0 aliphatic carbocycles. The van der Waals surface area contributed by atoms with E-state index in [-0.39, 0.29) is 17.6 Å². The molecule has 2 amide bonds. The summed E-state index contributed by atoms with van der Waals surface area (Å²) in [6.07, 6.45) is 2.10. The minimum atomic E-state index is -1.04. The molecule has 1 atom stereocenters. The van der Waals surface area contributed by atoms with Crippen LogP contribution in [-0.2, 0) is 0 Å². The zero-order valence-corrected chi connectivity index (χ0v) is 13.1. The summed E-state index contributed by atoms with van der Waals surface area (Å²) in [5, 5.41) is 14.6. The zero-order chi connectivity index (χ0) is 14.5. The van der Waals surface area contributed by atoms with Crippen LogP contribution in [0.25, 0.3) is 0 Å². The van der Waals surface area contributed by atoms with Gasteiger partial charge in [0.1, 0.15) is 0 Å². The van der Waals surface area contributed by atoms with Gasteiger partial charge in [0.15, 0.2) is 0 Å². The molecule has 1 aromatic carbocycles. The Hall–Kier alpha value is -1.21. The van der Waals surface area contributed by atoms with Crippen molar-refractivity contribution in [3.63, 3.8) is 0 Å². The standard InChI is InChI=1S/C13H15BrN2O3S/c14-11-4-3-8(6-10(11)12(17)18)15-13(19)16-9-2-1-5-20-7-9/h3-4,6,9H,1-2,5,7H2,(H,17,18)(H2,15,16,19). The molecule has 2 rings (SSSR count). The number of aromatic carboxylic acids is 1. The van der Waals surface area contributed by atoms with Crippen LogP contribution in [0.3, 0.4) is 0 Å². The van der Waals surface area contributed by atoms with Crippen molar-refractivity contribution >= 4 is 45.4 Å². The van der Waals surface area contributed by atoms with Gasteiger partial charge in [-0.1, -0.05) is 0 Å². The number of hydrogen-bond acceptors (Lipinski definition) is 3. The Morgan fingerprint density at radius 1 is 1.40 bits per heavy atom. The van der Waals surface area contributed by atoms with E-state index in [4.69, 9.17) is 5.11 Å². The average molecular weight is 359 g/mol. The molecule has 108 valence electrons. The summed E-state index contributed by atoms with van der Waals surface area (Å²) in [5.41, 5.74) is 0.586. The van der Waals surface area contributed by atoms with Crippen LogP contribution >= 0.6 is 27.7 Å². The largest absolute Gasteiger partial charge is 0.478 e. The minimum Gasteiger partial charge on any atom is -0.478 e. The van der Waals surface area contributed by atoms with Gasteiger partial charge >= 0.3 is 12.0 Å². The van der Waals surface area contributed by atoms with E-state index in [1.54, 1.807) is 12.1 Å². The second-order valence-corrected chi connectivity index (χ2v) is 6.52. The molecule has 1 saturated heterocycles. The van der Waals surface area contributed by atoms with Crippen LogP contribution in [-0.4, -0.2) is 34.7 Å². The van der Waals surface area contributed by atoms with Crippen molar-refractivity contribution in [3.8, 4) is 0 Å². The van der Waals surface area contributed by atoms with Crippen LogP contribution < -0.4 is 10.6 Å². The summed E-state index contributed by atoms with van der Waals surface area (Å²) in [6.45, 7) is 0. The number of benzene rings is 1. The summed E-state index contributed by atoms with van der Waals surface area (Å²) in [4.78, 5) is 22.9. The van der Waals surface area contributed by atoms with Crippen LogP contribution in [0.15, 0.2) is 22.7 Å². The zero-order valence-electron chi connectivity index (χ0n) is 10.7. The Bertz CT molecular complexity index is 518. The van der Waals surface area contributed by atoms with Crippen LogP contribution in [0.5, 0.6) is 0 Å². The number of amides is 2. The van der Waals surface area contributed by atoms with Crippen molar-refractivity contribution in [2.24, 2.45) is 0 Å². The van der Waals surface area contributed by atoms with Gasteiger partial charge in [0.2, 0.25) is 0 Å². The third-order valence-electron chi connectivity index (χ3n) is 2.95. The molecule has 0 bridgehead atoms. The molecular formula is C13H15BrN2O3S. The molecule has 1 aliphatic rings. The Balaban J connectivity index is 1.96. The highest BCUT2D eigenvalue weighted by Gasteiger charge is 2.16.